The Balaban J connectivity index is 1.44. The third-order valence-corrected chi connectivity index (χ3v) is 5.46. The maximum absolute atomic E-state index is 12.1. The Hall–Kier alpha value is -3.79. The van der Waals surface area contributed by atoms with Gasteiger partial charge in [-0.2, -0.15) is 0 Å². The van der Waals surface area contributed by atoms with Crippen molar-refractivity contribution < 1.29 is 24.2 Å². The van der Waals surface area contributed by atoms with Gasteiger partial charge in [0.1, 0.15) is 6.61 Å². The van der Waals surface area contributed by atoms with Gasteiger partial charge in [-0.25, -0.2) is 4.79 Å². The zero-order valence-electron chi connectivity index (χ0n) is 17.9. The Labute approximate surface area is 187 Å². The fourth-order valence-electron chi connectivity index (χ4n) is 3.78. The van der Waals surface area contributed by atoms with Crippen molar-refractivity contribution in [3.8, 4) is 23.0 Å². The fraction of sp³-hybridized carbons (Fsp3) is 0.320. The van der Waals surface area contributed by atoms with Gasteiger partial charge in [0.05, 0.1) is 6.54 Å². The number of carboxylic acid groups (broad SMARTS) is 1. The maximum atomic E-state index is 12.1. The molecule has 7 heteroatoms. The standard InChI is InChI=1S/C25H26N2O5/c1-2-17(14-24(29)30)15-27-23(28)12-7-13-26-25(31)32-16-22-20-10-5-3-8-18(20)19-9-4-6-11-21(19)22/h3-6,8-11,17,22H,2,13-16H2,1H3,(H,26,31)(H,27,28)(H,29,30). The van der Waals surface area contributed by atoms with Crippen molar-refractivity contribution in [2.45, 2.75) is 25.7 Å². The zero-order chi connectivity index (χ0) is 22.9. The fourth-order valence-corrected chi connectivity index (χ4v) is 3.78. The Morgan fingerprint density at radius 3 is 2.25 bits per heavy atom. The molecule has 0 radical (unpaired) electrons. The Morgan fingerprint density at radius 1 is 1.03 bits per heavy atom. The second-order valence-corrected chi connectivity index (χ2v) is 7.56. The molecule has 3 rings (SSSR count). The van der Waals surface area contributed by atoms with E-state index in [0.29, 0.717) is 6.42 Å². The van der Waals surface area contributed by atoms with E-state index in [0.717, 1.165) is 22.3 Å². The number of carbonyl (C=O) groups excluding carboxylic acids is 2. The van der Waals surface area contributed by atoms with Gasteiger partial charge < -0.3 is 20.5 Å². The molecule has 32 heavy (non-hydrogen) atoms. The van der Waals surface area contributed by atoms with Crippen LogP contribution < -0.4 is 10.6 Å². The Kier molecular flexibility index (Phi) is 7.87. The average molecular weight is 434 g/mol. The SMILES string of the molecule is CCC(CNC(=O)C#CCNC(=O)OCC1c2ccccc2-c2ccccc21)CC(=O)O. The minimum atomic E-state index is -0.899. The molecule has 2 aromatic rings. The van der Waals surface area contributed by atoms with Gasteiger partial charge in [-0.05, 0) is 34.1 Å². The molecule has 7 nitrogen and oxygen atoms in total. The summed E-state index contributed by atoms with van der Waals surface area (Å²) in [6.07, 6.45) is 0.0331. The number of fused-ring (bicyclic) bond motifs is 3. The molecule has 0 aromatic heterocycles. The van der Waals surface area contributed by atoms with E-state index in [-0.39, 0.29) is 38.0 Å². The first kappa shape index (κ1) is 22.9. The van der Waals surface area contributed by atoms with Crippen LogP contribution in [-0.4, -0.2) is 42.8 Å². The van der Waals surface area contributed by atoms with Gasteiger partial charge in [0, 0.05) is 18.9 Å². The van der Waals surface area contributed by atoms with Gasteiger partial charge in [-0.3, -0.25) is 9.59 Å². The summed E-state index contributed by atoms with van der Waals surface area (Å²) in [4.78, 5) is 34.6. The lowest BCUT2D eigenvalue weighted by Crippen LogP contribution is -2.29. The van der Waals surface area contributed by atoms with Gasteiger partial charge >= 0.3 is 12.1 Å². The monoisotopic (exact) mass is 434 g/mol. The van der Waals surface area contributed by atoms with Gasteiger partial charge in [-0.15, -0.1) is 0 Å². The molecule has 0 saturated heterocycles. The molecule has 0 saturated carbocycles. The van der Waals surface area contributed by atoms with Crippen LogP contribution in [0.1, 0.15) is 36.8 Å². The number of alkyl carbamates (subject to hydrolysis) is 1. The number of rotatable bonds is 8. The summed E-state index contributed by atoms with van der Waals surface area (Å²) in [6, 6.07) is 16.2. The van der Waals surface area contributed by atoms with Crippen molar-refractivity contribution >= 4 is 18.0 Å². The normalized spacial score (nSPS) is 12.5. The first-order valence-electron chi connectivity index (χ1n) is 10.6. The van der Waals surface area contributed by atoms with Crippen LogP contribution in [0.25, 0.3) is 11.1 Å². The second kappa shape index (κ2) is 11.0. The molecule has 2 amide bonds. The summed E-state index contributed by atoms with van der Waals surface area (Å²) in [5, 5.41) is 13.9. The lowest BCUT2D eigenvalue weighted by molar-refractivity contribution is -0.138. The molecule has 166 valence electrons. The van der Waals surface area contributed by atoms with Crippen LogP contribution in [0, 0.1) is 17.8 Å². The molecule has 1 unspecified atom stereocenters. The molecular weight excluding hydrogens is 408 g/mol. The lowest BCUT2D eigenvalue weighted by atomic mass is 9.98. The first-order valence-corrected chi connectivity index (χ1v) is 10.6. The number of nitrogens with one attached hydrogen (secondary N) is 2. The van der Waals surface area contributed by atoms with E-state index in [1.165, 1.54) is 0 Å². The summed E-state index contributed by atoms with van der Waals surface area (Å²) in [7, 11) is 0. The van der Waals surface area contributed by atoms with Crippen LogP contribution in [-0.2, 0) is 14.3 Å². The molecule has 0 heterocycles. The smallest absolute Gasteiger partial charge is 0.407 e. The highest BCUT2D eigenvalue weighted by Gasteiger charge is 2.28. The van der Waals surface area contributed by atoms with Gasteiger partial charge in [-0.1, -0.05) is 67.8 Å². The van der Waals surface area contributed by atoms with Crippen LogP contribution in [0.15, 0.2) is 48.5 Å². The maximum Gasteiger partial charge on any atom is 0.407 e. The molecule has 1 atom stereocenters. The van der Waals surface area contributed by atoms with Crippen LogP contribution in [0.5, 0.6) is 0 Å². The van der Waals surface area contributed by atoms with Gasteiger partial charge in [0.25, 0.3) is 5.91 Å². The predicted octanol–water partition coefficient (Wildman–Crippen LogP) is 3.15. The van der Waals surface area contributed by atoms with E-state index in [4.69, 9.17) is 9.84 Å². The van der Waals surface area contributed by atoms with Crippen molar-refractivity contribution in [1.29, 1.82) is 0 Å². The molecular formula is C25H26N2O5. The Bertz CT molecular complexity index is 1010. The van der Waals surface area contributed by atoms with Crippen molar-refractivity contribution in [2.24, 2.45) is 5.92 Å². The lowest BCUT2D eigenvalue weighted by Gasteiger charge is -2.14. The molecule has 0 fully saturated rings. The molecule has 3 N–H and O–H groups in total. The second-order valence-electron chi connectivity index (χ2n) is 7.56. The highest BCUT2D eigenvalue weighted by atomic mass is 16.5. The zero-order valence-corrected chi connectivity index (χ0v) is 17.9. The predicted molar refractivity (Wildman–Crippen MR) is 120 cm³/mol. The highest BCUT2D eigenvalue weighted by molar-refractivity contribution is 5.93. The summed E-state index contributed by atoms with van der Waals surface area (Å²) in [5.74, 6) is 3.37. The minimum absolute atomic E-state index is 0.00640. The number of carboxylic acids is 1. The molecule has 1 aliphatic rings. The minimum Gasteiger partial charge on any atom is -0.481 e. The van der Waals surface area contributed by atoms with E-state index < -0.39 is 18.0 Å². The topological polar surface area (TPSA) is 105 Å². The van der Waals surface area contributed by atoms with E-state index in [2.05, 4.69) is 34.6 Å². The summed E-state index contributed by atoms with van der Waals surface area (Å²) >= 11 is 0. The first-order chi connectivity index (χ1) is 15.5. The number of benzene rings is 2. The van der Waals surface area contributed by atoms with E-state index in [9.17, 15) is 14.4 Å². The number of carbonyl (C=O) groups is 3. The van der Waals surface area contributed by atoms with Crippen molar-refractivity contribution in [1.82, 2.24) is 10.6 Å². The number of ether oxygens (including phenoxy) is 1. The largest absolute Gasteiger partial charge is 0.481 e. The van der Waals surface area contributed by atoms with Gasteiger partial charge in [0.2, 0.25) is 0 Å². The van der Waals surface area contributed by atoms with E-state index in [1.807, 2.05) is 43.3 Å². The number of aliphatic carboxylic acids is 1. The quantitative estimate of drug-likeness (QED) is 0.554. The van der Waals surface area contributed by atoms with Crippen LogP contribution >= 0.6 is 0 Å². The van der Waals surface area contributed by atoms with Crippen LogP contribution in [0.2, 0.25) is 0 Å². The molecule has 0 bridgehead atoms. The number of amides is 2. The highest BCUT2D eigenvalue weighted by Crippen LogP contribution is 2.44. The van der Waals surface area contributed by atoms with Crippen molar-refractivity contribution in [3.05, 3.63) is 59.7 Å². The molecule has 2 aromatic carbocycles. The van der Waals surface area contributed by atoms with E-state index >= 15 is 0 Å². The molecule has 0 aliphatic heterocycles. The van der Waals surface area contributed by atoms with Crippen LogP contribution in [0.4, 0.5) is 4.79 Å². The van der Waals surface area contributed by atoms with Crippen LogP contribution in [0.3, 0.4) is 0 Å². The molecule has 0 spiro atoms. The van der Waals surface area contributed by atoms with E-state index in [1.54, 1.807) is 0 Å². The average Bonchev–Trinajstić information content (AvgIpc) is 3.11. The number of hydrogen-bond donors (Lipinski definition) is 3. The van der Waals surface area contributed by atoms with Crippen molar-refractivity contribution in [3.63, 3.8) is 0 Å². The third-order valence-electron chi connectivity index (χ3n) is 5.46. The molecule has 1 aliphatic carbocycles. The Morgan fingerprint density at radius 2 is 1.66 bits per heavy atom. The summed E-state index contributed by atoms with van der Waals surface area (Å²) < 4.78 is 5.40. The van der Waals surface area contributed by atoms with Gasteiger partial charge in [0.15, 0.2) is 0 Å². The summed E-state index contributed by atoms with van der Waals surface area (Å²) in [6.45, 7) is 2.28. The summed E-state index contributed by atoms with van der Waals surface area (Å²) in [5.41, 5.74) is 4.57. The third kappa shape index (κ3) is 5.88. The van der Waals surface area contributed by atoms with Crippen molar-refractivity contribution in [2.75, 3.05) is 19.7 Å². The number of hydrogen-bond acceptors (Lipinski definition) is 4.